The predicted molar refractivity (Wildman–Crippen MR) is 92.8 cm³/mol. The van der Waals surface area contributed by atoms with Crippen LogP contribution in [0.4, 0.5) is 0 Å². The van der Waals surface area contributed by atoms with Gasteiger partial charge in [-0.25, -0.2) is 0 Å². The number of benzene rings is 1. The van der Waals surface area contributed by atoms with Crippen LogP contribution < -0.4 is 0 Å². The smallest absolute Gasteiger partial charge is 0.166 e. The van der Waals surface area contributed by atoms with E-state index in [2.05, 4.69) is 13.0 Å². The van der Waals surface area contributed by atoms with Crippen LogP contribution in [0.15, 0.2) is 47.2 Å². The molecule has 1 aliphatic carbocycles. The lowest BCUT2D eigenvalue weighted by Gasteiger charge is -2.42. The number of rotatable bonds is 1. The van der Waals surface area contributed by atoms with E-state index in [0.717, 1.165) is 41.9 Å². The van der Waals surface area contributed by atoms with E-state index in [9.17, 15) is 4.79 Å². The Morgan fingerprint density at radius 2 is 2.24 bits per heavy atom. The standard InChI is InChI=1S/C21H21NO3/c1-14-8-20-18(10-17(14)16-5-2-4-15(9-16)12-22)19(23)11-21(25-20)6-3-7-24-13-21/h2,4-5,8-9,17H,3,6-7,10-11,13H2,1H3. The average Bonchev–Trinajstić information content (AvgIpc) is 2.62. The van der Waals surface area contributed by atoms with E-state index in [0.29, 0.717) is 25.0 Å². The maximum atomic E-state index is 12.8. The number of nitriles is 1. The minimum absolute atomic E-state index is 0.122. The van der Waals surface area contributed by atoms with Gasteiger partial charge in [-0.15, -0.1) is 0 Å². The molecule has 3 aliphatic rings. The number of ether oxygens (including phenoxy) is 2. The number of Topliss-reactive ketones (excluding diaryl/α,β-unsaturated/α-hetero) is 1. The highest BCUT2D eigenvalue weighted by Crippen LogP contribution is 2.44. The van der Waals surface area contributed by atoms with Crippen molar-refractivity contribution in [3.05, 3.63) is 58.4 Å². The highest BCUT2D eigenvalue weighted by atomic mass is 16.5. The highest BCUT2D eigenvalue weighted by Gasteiger charge is 2.44. The lowest BCUT2D eigenvalue weighted by Crippen LogP contribution is -2.46. The van der Waals surface area contributed by atoms with Gasteiger partial charge in [-0.1, -0.05) is 17.7 Å². The molecule has 1 fully saturated rings. The van der Waals surface area contributed by atoms with Gasteiger partial charge in [0, 0.05) is 18.1 Å². The molecular formula is C21H21NO3. The largest absolute Gasteiger partial charge is 0.484 e. The topological polar surface area (TPSA) is 59.3 Å². The molecule has 2 heterocycles. The Kier molecular flexibility index (Phi) is 3.97. The number of ketones is 1. The van der Waals surface area contributed by atoms with Crippen LogP contribution in [0.3, 0.4) is 0 Å². The second-order valence-electron chi connectivity index (χ2n) is 7.27. The first-order chi connectivity index (χ1) is 12.1. The third kappa shape index (κ3) is 2.89. The van der Waals surface area contributed by atoms with Crippen molar-refractivity contribution in [1.82, 2.24) is 0 Å². The van der Waals surface area contributed by atoms with Crippen molar-refractivity contribution in [1.29, 1.82) is 5.26 Å². The third-order valence-corrected chi connectivity index (χ3v) is 5.46. The summed E-state index contributed by atoms with van der Waals surface area (Å²) in [5.74, 6) is 1.03. The monoisotopic (exact) mass is 335 g/mol. The summed E-state index contributed by atoms with van der Waals surface area (Å²) >= 11 is 0. The molecule has 4 heteroatoms. The lowest BCUT2D eigenvalue weighted by atomic mass is 9.76. The van der Waals surface area contributed by atoms with Crippen LogP contribution in [0.5, 0.6) is 0 Å². The summed E-state index contributed by atoms with van der Waals surface area (Å²) in [5.41, 5.74) is 3.20. The molecule has 25 heavy (non-hydrogen) atoms. The molecule has 1 aromatic carbocycles. The van der Waals surface area contributed by atoms with Gasteiger partial charge in [0.05, 0.1) is 24.7 Å². The first kappa shape index (κ1) is 16.1. The van der Waals surface area contributed by atoms with Crippen LogP contribution in [0, 0.1) is 11.3 Å². The number of hydrogen-bond acceptors (Lipinski definition) is 4. The molecule has 2 unspecified atom stereocenters. The summed E-state index contributed by atoms with van der Waals surface area (Å²) < 4.78 is 11.9. The Bertz CT molecular complexity index is 822. The van der Waals surface area contributed by atoms with Crippen LogP contribution >= 0.6 is 0 Å². The second kappa shape index (κ2) is 6.16. The molecule has 1 spiro atoms. The summed E-state index contributed by atoms with van der Waals surface area (Å²) in [6.45, 7) is 3.31. The van der Waals surface area contributed by atoms with Crippen molar-refractivity contribution in [3.63, 3.8) is 0 Å². The minimum Gasteiger partial charge on any atom is -0.484 e. The molecule has 2 aliphatic heterocycles. The van der Waals surface area contributed by atoms with E-state index in [1.807, 2.05) is 24.3 Å². The normalized spacial score (nSPS) is 28.9. The van der Waals surface area contributed by atoms with Gasteiger partial charge >= 0.3 is 0 Å². The zero-order valence-electron chi connectivity index (χ0n) is 14.4. The summed E-state index contributed by atoms with van der Waals surface area (Å²) in [6.07, 6.45) is 4.86. The fourth-order valence-electron chi connectivity index (χ4n) is 4.12. The van der Waals surface area contributed by atoms with E-state index in [-0.39, 0.29) is 11.7 Å². The zero-order chi connectivity index (χ0) is 17.4. The number of carbonyl (C=O) groups excluding carboxylic acids is 1. The first-order valence-electron chi connectivity index (χ1n) is 8.82. The number of nitrogens with zero attached hydrogens (tertiary/aromatic N) is 1. The summed E-state index contributed by atoms with van der Waals surface area (Å²) in [7, 11) is 0. The van der Waals surface area contributed by atoms with E-state index < -0.39 is 5.60 Å². The number of allylic oxidation sites excluding steroid dienone is 3. The van der Waals surface area contributed by atoms with Crippen molar-refractivity contribution in [3.8, 4) is 6.07 Å². The molecule has 0 aromatic heterocycles. The van der Waals surface area contributed by atoms with Crippen LogP contribution in [-0.4, -0.2) is 24.6 Å². The quantitative estimate of drug-likeness (QED) is 0.783. The van der Waals surface area contributed by atoms with Gasteiger partial charge in [0.15, 0.2) is 5.78 Å². The Morgan fingerprint density at radius 1 is 1.36 bits per heavy atom. The lowest BCUT2D eigenvalue weighted by molar-refractivity contribution is -0.140. The van der Waals surface area contributed by atoms with E-state index in [4.69, 9.17) is 14.7 Å². The fourth-order valence-corrected chi connectivity index (χ4v) is 4.12. The van der Waals surface area contributed by atoms with Crippen molar-refractivity contribution in [2.24, 2.45) is 0 Å². The van der Waals surface area contributed by atoms with Crippen molar-refractivity contribution in [2.75, 3.05) is 13.2 Å². The van der Waals surface area contributed by atoms with Gasteiger partial charge in [-0.05, 0) is 50.0 Å². The Balaban J connectivity index is 1.64. The molecular weight excluding hydrogens is 314 g/mol. The van der Waals surface area contributed by atoms with Crippen molar-refractivity contribution in [2.45, 2.75) is 44.1 Å². The van der Waals surface area contributed by atoms with Gasteiger partial charge in [-0.3, -0.25) is 4.79 Å². The van der Waals surface area contributed by atoms with Crippen LogP contribution in [0.2, 0.25) is 0 Å². The Labute approximate surface area is 147 Å². The molecule has 1 saturated heterocycles. The maximum Gasteiger partial charge on any atom is 0.166 e. The molecule has 0 N–H and O–H groups in total. The van der Waals surface area contributed by atoms with Gasteiger partial charge in [0.1, 0.15) is 11.4 Å². The van der Waals surface area contributed by atoms with Crippen LogP contribution in [0.25, 0.3) is 0 Å². The molecule has 4 rings (SSSR count). The molecule has 2 atom stereocenters. The third-order valence-electron chi connectivity index (χ3n) is 5.46. The summed E-state index contributed by atoms with van der Waals surface area (Å²) in [4.78, 5) is 12.8. The molecule has 0 amide bonds. The van der Waals surface area contributed by atoms with Crippen LogP contribution in [-0.2, 0) is 14.3 Å². The fraction of sp³-hybridized carbons (Fsp3) is 0.429. The molecule has 0 saturated carbocycles. The van der Waals surface area contributed by atoms with Gasteiger partial charge < -0.3 is 9.47 Å². The second-order valence-corrected chi connectivity index (χ2v) is 7.27. The maximum absolute atomic E-state index is 12.8. The predicted octanol–water partition coefficient (Wildman–Crippen LogP) is 3.78. The molecule has 4 nitrogen and oxygen atoms in total. The van der Waals surface area contributed by atoms with E-state index >= 15 is 0 Å². The molecule has 0 radical (unpaired) electrons. The Morgan fingerprint density at radius 3 is 3.00 bits per heavy atom. The summed E-state index contributed by atoms with van der Waals surface area (Å²) in [5, 5.41) is 9.14. The van der Waals surface area contributed by atoms with Crippen molar-refractivity contribution < 1.29 is 14.3 Å². The van der Waals surface area contributed by atoms with E-state index in [1.165, 1.54) is 0 Å². The number of carbonyl (C=O) groups is 1. The van der Waals surface area contributed by atoms with Crippen molar-refractivity contribution >= 4 is 5.78 Å². The van der Waals surface area contributed by atoms with Gasteiger partial charge in [0.2, 0.25) is 0 Å². The molecule has 0 bridgehead atoms. The van der Waals surface area contributed by atoms with E-state index in [1.54, 1.807) is 6.07 Å². The minimum atomic E-state index is -0.474. The molecule has 128 valence electrons. The number of hydrogen-bond donors (Lipinski definition) is 0. The Hall–Kier alpha value is -2.38. The van der Waals surface area contributed by atoms with Crippen LogP contribution in [0.1, 0.15) is 49.7 Å². The van der Waals surface area contributed by atoms with Gasteiger partial charge in [-0.2, -0.15) is 5.26 Å². The molecule has 1 aromatic rings. The first-order valence-corrected chi connectivity index (χ1v) is 8.82. The highest BCUT2D eigenvalue weighted by molar-refractivity contribution is 5.98. The zero-order valence-corrected chi connectivity index (χ0v) is 14.4. The average molecular weight is 335 g/mol. The summed E-state index contributed by atoms with van der Waals surface area (Å²) in [6, 6.07) is 9.83. The SMILES string of the molecule is CC1=CC2=C(CC1c1cccc(C#N)c1)C(=O)CC1(CCCOC1)O2. The van der Waals surface area contributed by atoms with Gasteiger partial charge in [0.25, 0.3) is 0 Å².